The number of imidazole rings is 1. The second kappa shape index (κ2) is 7.43. The molecular weight excluding hydrogens is 359 g/mol. The molecule has 3 N–H and O–H groups in total. The Morgan fingerprint density at radius 3 is 2.78 bits per heavy atom. The molecule has 7 nitrogen and oxygen atoms in total. The summed E-state index contributed by atoms with van der Waals surface area (Å²) in [5.41, 5.74) is 0.388. The van der Waals surface area contributed by atoms with Crippen LogP contribution in [0, 0.1) is 0 Å². The Morgan fingerprint density at radius 2 is 2.17 bits per heavy atom. The third-order valence-electron chi connectivity index (χ3n) is 2.72. The highest BCUT2D eigenvalue weighted by atomic mass is 35.5. The molecule has 0 aromatic carbocycles. The molecule has 0 unspecified atom stereocenters. The highest BCUT2D eigenvalue weighted by molar-refractivity contribution is 7.16. The van der Waals surface area contributed by atoms with Gasteiger partial charge in [-0.05, 0) is 0 Å². The molecule has 2 rings (SSSR count). The van der Waals surface area contributed by atoms with Crippen molar-refractivity contribution in [3.63, 3.8) is 0 Å². The zero-order valence-corrected chi connectivity index (χ0v) is 13.2. The summed E-state index contributed by atoms with van der Waals surface area (Å²) >= 11 is 7.22. The average Bonchev–Trinajstić information content (AvgIpc) is 3.00. The molecule has 0 fully saturated rings. The third kappa shape index (κ3) is 5.03. The van der Waals surface area contributed by atoms with Crippen LogP contribution in [-0.4, -0.2) is 44.9 Å². The molecule has 0 aliphatic rings. The van der Waals surface area contributed by atoms with Crippen molar-refractivity contribution in [2.24, 2.45) is 0 Å². The van der Waals surface area contributed by atoms with Crippen LogP contribution in [0.5, 0.6) is 0 Å². The molecule has 12 heteroatoms. The number of fused-ring (bicyclic) bond motifs is 1. The van der Waals surface area contributed by atoms with E-state index in [1.807, 2.05) is 0 Å². The van der Waals surface area contributed by atoms with E-state index in [1.165, 1.54) is 4.52 Å². The molecule has 0 aliphatic heterocycles. The lowest BCUT2D eigenvalue weighted by Gasteiger charge is -2.08. The summed E-state index contributed by atoms with van der Waals surface area (Å²) in [6.45, 7) is -0.752. The minimum Gasteiger partial charge on any atom is -0.389 e. The number of carbonyl (C=O) groups is 1. The number of rotatable bonds is 7. The summed E-state index contributed by atoms with van der Waals surface area (Å²) in [7, 11) is 0. The van der Waals surface area contributed by atoms with Crippen LogP contribution in [-0.2, 0) is 17.9 Å². The predicted molar refractivity (Wildman–Crippen MR) is 77.2 cm³/mol. The van der Waals surface area contributed by atoms with Crippen molar-refractivity contribution in [1.82, 2.24) is 25.2 Å². The van der Waals surface area contributed by atoms with Crippen LogP contribution >= 0.6 is 22.9 Å². The normalized spacial score (nSPS) is 12.0. The van der Waals surface area contributed by atoms with Crippen LogP contribution < -0.4 is 10.6 Å². The monoisotopic (exact) mass is 371 g/mol. The molecule has 0 saturated carbocycles. The minimum absolute atomic E-state index is 0.0309. The maximum Gasteiger partial charge on any atom is 0.390 e. The number of aliphatic hydroxyl groups is 1. The smallest absolute Gasteiger partial charge is 0.389 e. The third-order valence-corrected chi connectivity index (χ3v) is 3.99. The summed E-state index contributed by atoms with van der Waals surface area (Å²) in [6, 6.07) is 0. The van der Waals surface area contributed by atoms with E-state index >= 15 is 0 Å². The Bertz CT molecular complexity index is 687. The zero-order valence-electron chi connectivity index (χ0n) is 11.7. The first-order valence-electron chi connectivity index (χ1n) is 6.48. The van der Waals surface area contributed by atoms with Crippen molar-refractivity contribution >= 4 is 33.8 Å². The summed E-state index contributed by atoms with van der Waals surface area (Å²) in [6.07, 6.45) is -5.25. The Balaban J connectivity index is 1.80. The van der Waals surface area contributed by atoms with Crippen LogP contribution in [0.15, 0.2) is 0 Å². The van der Waals surface area contributed by atoms with E-state index in [0.29, 0.717) is 15.7 Å². The van der Waals surface area contributed by atoms with Crippen LogP contribution in [0.4, 0.5) is 13.2 Å². The first kappa shape index (κ1) is 17.9. The van der Waals surface area contributed by atoms with E-state index in [4.69, 9.17) is 16.7 Å². The Labute approximate surface area is 137 Å². The summed E-state index contributed by atoms with van der Waals surface area (Å²) < 4.78 is 37.1. The van der Waals surface area contributed by atoms with Crippen LogP contribution in [0.2, 0.25) is 5.15 Å². The fraction of sp³-hybridized carbons (Fsp3) is 0.545. The fourth-order valence-electron chi connectivity index (χ4n) is 1.66. The molecule has 0 atom stereocenters. The quantitative estimate of drug-likeness (QED) is 0.634. The van der Waals surface area contributed by atoms with Gasteiger partial charge in [0.15, 0.2) is 5.15 Å². The molecule has 0 bridgehead atoms. The van der Waals surface area contributed by atoms with Gasteiger partial charge in [0.05, 0.1) is 26.1 Å². The van der Waals surface area contributed by atoms with Gasteiger partial charge in [-0.1, -0.05) is 22.9 Å². The SMILES string of the molecule is O=C(CNCCC(F)(F)F)NCc1nc2sc(CO)nn2c1Cl. The highest BCUT2D eigenvalue weighted by Gasteiger charge is 2.26. The van der Waals surface area contributed by atoms with Gasteiger partial charge in [-0.15, -0.1) is 0 Å². The second-order valence-corrected chi connectivity index (χ2v) is 5.91. The molecule has 128 valence electrons. The zero-order chi connectivity index (χ0) is 17.0. The first-order chi connectivity index (χ1) is 10.8. The summed E-state index contributed by atoms with van der Waals surface area (Å²) in [4.78, 5) is 16.2. The standard InChI is InChI=1S/C11H13ClF3N5O2S/c12-9-6(18-10-20(9)19-8(5-21)23-10)3-17-7(22)4-16-2-1-11(13,14)15/h16,21H,1-5H2,(H,17,22). The fourth-order valence-corrected chi connectivity index (χ4v) is 2.71. The van der Waals surface area contributed by atoms with Gasteiger partial charge in [0.2, 0.25) is 10.9 Å². The maximum absolute atomic E-state index is 11.9. The van der Waals surface area contributed by atoms with Crippen molar-refractivity contribution in [3.8, 4) is 0 Å². The number of amides is 1. The van der Waals surface area contributed by atoms with Crippen LogP contribution in [0.1, 0.15) is 17.1 Å². The number of nitrogens with zero attached hydrogens (tertiary/aromatic N) is 3. The van der Waals surface area contributed by atoms with Gasteiger partial charge in [0, 0.05) is 6.54 Å². The minimum atomic E-state index is -4.25. The average molecular weight is 372 g/mol. The number of hydrogen-bond donors (Lipinski definition) is 3. The number of halogens is 4. The molecule has 0 aliphatic carbocycles. The molecule has 0 radical (unpaired) electrons. The van der Waals surface area contributed by atoms with E-state index in [-0.39, 0.29) is 31.4 Å². The molecule has 2 aromatic heterocycles. The molecule has 1 amide bonds. The predicted octanol–water partition coefficient (Wildman–Crippen LogP) is 1.09. The number of aliphatic hydroxyl groups excluding tert-OH is 1. The summed E-state index contributed by atoms with van der Waals surface area (Å²) in [5, 5.41) is 18.6. The Kier molecular flexibility index (Phi) is 5.79. The molecular formula is C11H13ClF3N5O2S. The van der Waals surface area contributed by atoms with E-state index in [1.54, 1.807) is 0 Å². The molecule has 2 heterocycles. The van der Waals surface area contributed by atoms with Crippen molar-refractivity contribution in [2.75, 3.05) is 13.1 Å². The van der Waals surface area contributed by atoms with E-state index in [9.17, 15) is 18.0 Å². The van der Waals surface area contributed by atoms with Crippen molar-refractivity contribution in [1.29, 1.82) is 0 Å². The lowest BCUT2D eigenvalue weighted by atomic mass is 10.4. The van der Waals surface area contributed by atoms with Gasteiger partial charge < -0.3 is 15.7 Å². The van der Waals surface area contributed by atoms with E-state index in [2.05, 4.69) is 20.7 Å². The highest BCUT2D eigenvalue weighted by Crippen LogP contribution is 2.22. The lowest BCUT2D eigenvalue weighted by molar-refractivity contribution is -0.134. The Hall–Kier alpha value is -1.43. The first-order valence-corrected chi connectivity index (χ1v) is 7.67. The largest absolute Gasteiger partial charge is 0.390 e. The Morgan fingerprint density at radius 1 is 1.43 bits per heavy atom. The molecule has 0 spiro atoms. The topological polar surface area (TPSA) is 91.5 Å². The van der Waals surface area contributed by atoms with Gasteiger partial charge in [0.1, 0.15) is 10.7 Å². The van der Waals surface area contributed by atoms with Crippen molar-refractivity contribution in [2.45, 2.75) is 25.7 Å². The van der Waals surface area contributed by atoms with Crippen molar-refractivity contribution in [3.05, 3.63) is 15.9 Å². The number of alkyl halides is 3. The van der Waals surface area contributed by atoms with E-state index < -0.39 is 18.5 Å². The number of hydrogen-bond acceptors (Lipinski definition) is 6. The molecule has 2 aromatic rings. The van der Waals surface area contributed by atoms with Gasteiger partial charge >= 0.3 is 6.18 Å². The van der Waals surface area contributed by atoms with Crippen LogP contribution in [0.25, 0.3) is 4.96 Å². The number of nitrogens with one attached hydrogen (secondary N) is 2. The molecule has 23 heavy (non-hydrogen) atoms. The summed E-state index contributed by atoms with van der Waals surface area (Å²) in [5.74, 6) is -0.469. The van der Waals surface area contributed by atoms with Gasteiger partial charge in [-0.25, -0.2) is 4.98 Å². The van der Waals surface area contributed by atoms with E-state index in [0.717, 1.165) is 11.3 Å². The number of carbonyl (C=O) groups excluding carboxylic acids is 1. The van der Waals surface area contributed by atoms with Gasteiger partial charge in [-0.2, -0.15) is 22.8 Å². The lowest BCUT2D eigenvalue weighted by Crippen LogP contribution is -2.35. The van der Waals surface area contributed by atoms with Gasteiger partial charge in [-0.3, -0.25) is 4.79 Å². The van der Waals surface area contributed by atoms with Crippen LogP contribution in [0.3, 0.4) is 0 Å². The van der Waals surface area contributed by atoms with Gasteiger partial charge in [0.25, 0.3) is 0 Å². The van der Waals surface area contributed by atoms with Crippen molar-refractivity contribution < 1.29 is 23.1 Å². The maximum atomic E-state index is 11.9. The second-order valence-electron chi connectivity index (χ2n) is 4.52. The number of aromatic nitrogens is 3. The molecule has 0 saturated heterocycles.